The number of nitrogens with one attached hydrogen (secondary N) is 1. The summed E-state index contributed by atoms with van der Waals surface area (Å²) in [6, 6.07) is 0.500. The van der Waals surface area contributed by atoms with Gasteiger partial charge in [-0.05, 0) is 46.5 Å². The minimum absolute atomic E-state index is 0.412. The van der Waals surface area contributed by atoms with E-state index >= 15 is 0 Å². The molecule has 2 N–H and O–H groups in total. The van der Waals surface area contributed by atoms with E-state index < -0.39 is 5.60 Å². The Hall–Kier alpha value is -0.340. The first-order valence-corrected chi connectivity index (χ1v) is 6.61. The lowest BCUT2D eigenvalue weighted by Gasteiger charge is -2.25. The maximum Gasteiger partial charge on any atom is 0.0771 e. The van der Waals surface area contributed by atoms with Crippen molar-refractivity contribution in [3.63, 3.8) is 0 Å². The minimum Gasteiger partial charge on any atom is -0.389 e. The standard InChI is InChI=1S/C14H27NO/c1-12(2)7-6-8-13(3)15-11-14(16)9-4-5-10-14/h7,13,15-16H,4-6,8-11H2,1-3H3. The molecule has 0 spiro atoms. The van der Waals surface area contributed by atoms with Gasteiger partial charge in [-0.15, -0.1) is 0 Å². The molecular formula is C14H27NO. The highest BCUT2D eigenvalue weighted by Crippen LogP contribution is 2.28. The van der Waals surface area contributed by atoms with Gasteiger partial charge >= 0.3 is 0 Å². The monoisotopic (exact) mass is 225 g/mol. The molecule has 1 atom stereocenters. The lowest BCUT2D eigenvalue weighted by Crippen LogP contribution is -2.41. The summed E-state index contributed by atoms with van der Waals surface area (Å²) >= 11 is 0. The fourth-order valence-electron chi connectivity index (χ4n) is 2.30. The van der Waals surface area contributed by atoms with Crippen molar-refractivity contribution in [1.82, 2.24) is 5.32 Å². The van der Waals surface area contributed by atoms with Crippen LogP contribution in [0.15, 0.2) is 11.6 Å². The summed E-state index contributed by atoms with van der Waals surface area (Å²) in [6.45, 7) is 7.25. The van der Waals surface area contributed by atoms with Crippen LogP contribution < -0.4 is 5.32 Å². The summed E-state index contributed by atoms with van der Waals surface area (Å²) < 4.78 is 0. The summed E-state index contributed by atoms with van der Waals surface area (Å²) in [5, 5.41) is 13.6. The van der Waals surface area contributed by atoms with Crippen LogP contribution in [0.4, 0.5) is 0 Å². The van der Waals surface area contributed by atoms with Gasteiger partial charge in [-0.1, -0.05) is 24.5 Å². The molecule has 0 bridgehead atoms. The molecular weight excluding hydrogens is 198 g/mol. The van der Waals surface area contributed by atoms with E-state index in [2.05, 4.69) is 32.2 Å². The molecule has 1 unspecified atom stereocenters. The van der Waals surface area contributed by atoms with Crippen LogP contribution in [0.1, 0.15) is 59.3 Å². The highest BCUT2D eigenvalue weighted by Gasteiger charge is 2.30. The second-order valence-corrected chi connectivity index (χ2v) is 5.57. The van der Waals surface area contributed by atoms with Gasteiger partial charge in [0, 0.05) is 12.6 Å². The Kier molecular flexibility index (Phi) is 5.50. The van der Waals surface area contributed by atoms with Gasteiger partial charge in [0.25, 0.3) is 0 Å². The fraction of sp³-hybridized carbons (Fsp3) is 0.857. The summed E-state index contributed by atoms with van der Waals surface area (Å²) in [5.74, 6) is 0. The van der Waals surface area contributed by atoms with Crippen molar-refractivity contribution < 1.29 is 5.11 Å². The molecule has 94 valence electrons. The van der Waals surface area contributed by atoms with Gasteiger partial charge in [-0.2, -0.15) is 0 Å². The Morgan fingerprint density at radius 1 is 1.38 bits per heavy atom. The predicted octanol–water partition coefficient (Wildman–Crippen LogP) is 3.02. The first-order chi connectivity index (χ1) is 7.52. The van der Waals surface area contributed by atoms with Crippen LogP contribution in [-0.2, 0) is 0 Å². The molecule has 1 aliphatic carbocycles. The third-order valence-corrected chi connectivity index (χ3v) is 3.47. The molecule has 1 aliphatic rings. The Morgan fingerprint density at radius 3 is 2.56 bits per heavy atom. The molecule has 1 saturated carbocycles. The van der Waals surface area contributed by atoms with Crippen LogP contribution in [0.25, 0.3) is 0 Å². The molecule has 16 heavy (non-hydrogen) atoms. The minimum atomic E-state index is -0.412. The van der Waals surface area contributed by atoms with Crippen LogP contribution in [0, 0.1) is 0 Å². The van der Waals surface area contributed by atoms with Gasteiger partial charge in [0.15, 0.2) is 0 Å². The van der Waals surface area contributed by atoms with E-state index in [9.17, 15) is 5.11 Å². The largest absolute Gasteiger partial charge is 0.389 e. The molecule has 0 radical (unpaired) electrons. The van der Waals surface area contributed by atoms with Crippen molar-refractivity contribution in [1.29, 1.82) is 0 Å². The van der Waals surface area contributed by atoms with E-state index in [0.29, 0.717) is 6.04 Å². The zero-order chi connectivity index (χ0) is 12.0. The van der Waals surface area contributed by atoms with Crippen molar-refractivity contribution in [2.24, 2.45) is 0 Å². The SMILES string of the molecule is CC(C)=CCCC(C)NCC1(O)CCCC1. The highest BCUT2D eigenvalue weighted by molar-refractivity contribution is 4.93. The number of allylic oxidation sites excluding steroid dienone is 2. The number of hydrogen-bond acceptors (Lipinski definition) is 2. The smallest absolute Gasteiger partial charge is 0.0771 e. The number of aliphatic hydroxyl groups is 1. The van der Waals surface area contributed by atoms with E-state index in [1.54, 1.807) is 0 Å². The summed E-state index contributed by atoms with van der Waals surface area (Å²) in [6.07, 6.45) is 8.88. The van der Waals surface area contributed by atoms with Crippen molar-refractivity contribution in [2.45, 2.75) is 70.9 Å². The average Bonchev–Trinajstić information content (AvgIpc) is 2.62. The lowest BCUT2D eigenvalue weighted by atomic mass is 10.0. The van der Waals surface area contributed by atoms with E-state index in [1.807, 2.05) is 0 Å². The molecule has 0 heterocycles. The molecule has 0 aliphatic heterocycles. The van der Waals surface area contributed by atoms with Crippen molar-refractivity contribution in [2.75, 3.05) is 6.54 Å². The zero-order valence-corrected chi connectivity index (χ0v) is 11.1. The van der Waals surface area contributed by atoms with Gasteiger partial charge in [0.1, 0.15) is 0 Å². The fourth-order valence-corrected chi connectivity index (χ4v) is 2.30. The Labute approximate surface area is 100 Å². The normalized spacial score (nSPS) is 20.8. The van der Waals surface area contributed by atoms with E-state index in [0.717, 1.165) is 32.2 Å². The molecule has 2 nitrogen and oxygen atoms in total. The van der Waals surface area contributed by atoms with Gasteiger partial charge in [0.2, 0.25) is 0 Å². The summed E-state index contributed by atoms with van der Waals surface area (Å²) in [5.41, 5.74) is 0.978. The third kappa shape index (κ3) is 5.13. The van der Waals surface area contributed by atoms with Crippen molar-refractivity contribution in [3.05, 3.63) is 11.6 Å². The van der Waals surface area contributed by atoms with E-state index in [4.69, 9.17) is 0 Å². The Bertz CT molecular complexity index is 225. The van der Waals surface area contributed by atoms with Gasteiger partial charge in [0.05, 0.1) is 5.60 Å². The molecule has 1 fully saturated rings. The zero-order valence-electron chi connectivity index (χ0n) is 11.1. The Balaban J connectivity index is 2.14. The van der Waals surface area contributed by atoms with E-state index in [-0.39, 0.29) is 0 Å². The summed E-state index contributed by atoms with van der Waals surface area (Å²) in [4.78, 5) is 0. The molecule has 1 rings (SSSR count). The van der Waals surface area contributed by atoms with Crippen molar-refractivity contribution in [3.8, 4) is 0 Å². The van der Waals surface area contributed by atoms with Gasteiger partial charge in [-0.25, -0.2) is 0 Å². The highest BCUT2D eigenvalue weighted by atomic mass is 16.3. The predicted molar refractivity (Wildman–Crippen MR) is 69.5 cm³/mol. The van der Waals surface area contributed by atoms with Crippen molar-refractivity contribution >= 4 is 0 Å². The quantitative estimate of drug-likeness (QED) is 0.681. The summed E-state index contributed by atoms with van der Waals surface area (Å²) in [7, 11) is 0. The molecule has 2 heteroatoms. The third-order valence-electron chi connectivity index (χ3n) is 3.47. The first kappa shape index (κ1) is 13.7. The second-order valence-electron chi connectivity index (χ2n) is 5.57. The molecule has 0 aromatic heterocycles. The molecule has 0 aromatic carbocycles. The second kappa shape index (κ2) is 6.41. The van der Waals surface area contributed by atoms with Crippen LogP contribution in [0.2, 0.25) is 0 Å². The van der Waals surface area contributed by atoms with Crippen LogP contribution in [0.5, 0.6) is 0 Å². The van der Waals surface area contributed by atoms with Gasteiger partial charge in [-0.3, -0.25) is 0 Å². The van der Waals surface area contributed by atoms with Crippen LogP contribution in [-0.4, -0.2) is 23.3 Å². The number of hydrogen-bond donors (Lipinski definition) is 2. The Morgan fingerprint density at radius 2 is 2.00 bits per heavy atom. The number of rotatable bonds is 6. The van der Waals surface area contributed by atoms with Gasteiger partial charge < -0.3 is 10.4 Å². The molecule has 0 saturated heterocycles. The first-order valence-electron chi connectivity index (χ1n) is 6.61. The van der Waals surface area contributed by atoms with Crippen LogP contribution in [0.3, 0.4) is 0 Å². The lowest BCUT2D eigenvalue weighted by molar-refractivity contribution is 0.0451. The van der Waals surface area contributed by atoms with Crippen LogP contribution >= 0.6 is 0 Å². The average molecular weight is 225 g/mol. The maximum absolute atomic E-state index is 10.2. The maximum atomic E-state index is 10.2. The molecule has 0 aromatic rings. The molecule has 0 amide bonds. The van der Waals surface area contributed by atoms with E-state index in [1.165, 1.54) is 18.4 Å². The topological polar surface area (TPSA) is 32.3 Å².